The van der Waals surface area contributed by atoms with E-state index < -0.39 is 35.9 Å². The lowest BCUT2D eigenvalue weighted by molar-refractivity contribution is -0.141. The summed E-state index contributed by atoms with van der Waals surface area (Å²) in [5.74, 6) is -2.23. The van der Waals surface area contributed by atoms with Crippen molar-refractivity contribution in [3.63, 3.8) is 0 Å². The van der Waals surface area contributed by atoms with Crippen molar-refractivity contribution in [2.45, 2.75) is 35.4 Å². The Labute approximate surface area is 144 Å². The van der Waals surface area contributed by atoms with Crippen LogP contribution in [0.15, 0.2) is 10.3 Å². The number of carboxylic acids is 1. The number of carboxylic acid groups (broad SMARTS) is 1. The molecule has 0 unspecified atom stereocenters. The maximum absolute atomic E-state index is 12.0. The molecule has 0 aromatic carbocycles. The van der Waals surface area contributed by atoms with Crippen LogP contribution in [-0.4, -0.2) is 72.9 Å². The zero-order valence-corrected chi connectivity index (χ0v) is 14.1. The van der Waals surface area contributed by atoms with Gasteiger partial charge in [-0.05, 0) is 6.92 Å². The summed E-state index contributed by atoms with van der Waals surface area (Å²) < 4.78 is 0. The molecule has 0 saturated heterocycles. The third-order valence-electron chi connectivity index (χ3n) is 2.92. The molecule has 2 aliphatic heterocycles. The highest BCUT2D eigenvalue weighted by Crippen LogP contribution is 2.16. The van der Waals surface area contributed by atoms with Gasteiger partial charge < -0.3 is 21.5 Å². The Morgan fingerprint density at radius 1 is 1.12 bits per heavy atom. The Morgan fingerprint density at radius 3 is 2.21 bits per heavy atom. The molecule has 11 nitrogen and oxygen atoms in total. The monoisotopic (exact) mass is 379 g/mol. The van der Waals surface area contributed by atoms with Crippen molar-refractivity contribution in [3.05, 3.63) is 0 Å². The Morgan fingerprint density at radius 2 is 1.67 bits per heavy atom. The number of fused-ring (bicyclic) bond motifs is 12. The Hall–Kier alpha value is -1.99. The minimum absolute atomic E-state index is 0.0168. The fraction of sp³-hybridized carbons (Fsp3) is 0.545. The van der Waals surface area contributed by atoms with Gasteiger partial charge in [-0.1, -0.05) is 23.5 Å². The van der Waals surface area contributed by atoms with Gasteiger partial charge in [0.05, 0.1) is 6.04 Å². The summed E-state index contributed by atoms with van der Waals surface area (Å²) in [6.07, 6.45) is 0. The number of nitrogens with zero attached hydrogens (tertiary/aromatic N) is 4. The molecule has 0 aliphatic carbocycles. The number of hydrogen-bond acceptors (Lipinski definition) is 10. The largest absolute Gasteiger partial charge is 0.480 e. The molecular formula is C11H15N7O4S2. The second kappa shape index (κ2) is 8.21. The molecule has 0 saturated carbocycles. The summed E-state index contributed by atoms with van der Waals surface area (Å²) in [6.45, 7) is 1.44. The maximum atomic E-state index is 12.0. The van der Waals surface area contributed by atoms with Crippen molar-refractivity contribution < 1.29 is 19.5 Å². The van der Waals surface area contributed by atoms with E-state index in [9.17, 15) is 19.5 Å². The van der Waals surface area contributed by atoms with E-state index in [-0.39, 0.29) is 21.8 Å². The summed E-state index contributed by atoms with van der Waals surface area (Å²) in [5, 5.41) is 29.7. The molecule has 0 spiro atoms. The van der Waals surface area contributed by atoms with E-state index in [1.807, 2.05) is 0 Å². The van der Waals surface area contributed by atoms with Crippen LogP contribution < -0.4 is 16.4 Å². The standard InChI is InChI=1S/C11H15N7O4S2/c1-4-7(19)14-6(9(21)22)3-24-11-17-15-10(16-18-11)23-2-5(12)8(20)13-4/h4-6H,2-3,12H2,1H3,(H,13,20)(H,14,19)(H,21,22)/t4-,5+,6-/m0/s1/i7+1,8+1,19+2,20+2. The number of carbonyl (C=O) groups excluding carboxylic acids is 2. The number of nitrogens with two attached hydrogens (primary N) is 1. The number of carbonyl (C=O) groups is 3. The fourth-order valence-electron chi connectivity index (χ4n) is 1.58. The maximum Gasteiger partial charge on any atom is 0.327 e. The molecular weight excluding hydrogens is 364 g/mol. The molecule has 0 fully saturated rings. The topological polar surface area (TPSA) is 173 Å². The van der Waals surface area contributed by atoms with Crippen LogP contribution >= 0.6 is 23.5 Å². The lowest BCUT2D eigenvalue weighted by Crippen LogP contribution is -2.54. The fourth-order valence-corrected chi connectivity index (χ4v) is 3.00. The van der Waals surface area contributed by atoms with Crippen LogP contribution in [0.1, 0.15) is 6.92 Å². The van der Waals surface area contributed by atoms with Gasteiger partial charge in [0.15, 0.2) is 0 Å². The van der Waals surface area contributed by atoms with Gasteiger partial charge >= 0.3 is 5.97 Å². The van der Waals surface area contributed by atoms with E-state index in [1.165, 1.54) is 6.92 Å². The lowest BCUT2D eigenvalue weighted by atomic mass is 10.3. The normalized spacial score (nSPS) is 26.0. The predicted molar refractivity (Wildman–Crippen MR) is 84.2 cm³/mol. The number of aromatic nitrogens is 4. The number of nitrogens with one attached hydrogen (secondary N) is 2. The van der Waals surface area contributed by atoms with Crippen molar-refractivity contribution in [2.24, 2.45) is 5.73 Å². The van der Waals surface area contributed by atoms with Gasteiger partial charge in [-0.15, -0.1) is 20.4 Å². The number of aliphatic carboxylic acids is 1. The van der Waals surface area contributed by atoms with E-state index in [2.05, 4.69) is 31.0 Å². The first-order valence-corrected chi connectivity index (χ1v) is 8.76. The van der Waals surface area contributed by atoms with Gasteiger partial charge in [-0.3, -0.25) is 9.59 Å². The van der Waals surface area contributed by atoms with Crippen LogP contribution in [0.2, 0.25) is 0 Å². The average Bonchev–Trinajstić information content (AvgIpc) is 2.56. The summed E-state index contributed by atoms with van der Waals surface area (Å²) in [6, 6.07) is -3.01. The van der Waals surface area contributed by atoms with Crippen molar-refractivity contribution >= 4 is 41.3 Å². The van der Waals surface area contributed by atoms with Crippen LogP contribution in [-0.2, 0) is 14.4 Å². The van der Waals surface area contributed by atoms with Gasteiger partial charge in [-0.25, -0.2) is 4.79 Å². The highest BCUT2D eigenvalue weighted by atomic mass is 32.2. The van der Waals surface area contributed by atoms with Crippen LogP contribution in [0.25, 0.3) is 0 Å². The van der Waals surface area contributed by atoms with Crippen LogP contribution in [0.3, 0.4) is 0 Å². The van der Waals surface area contributed by atoms with E-state index in [4.69, 9.17) is 5.73 Å². The minimum atomic E-state index is -1.22. The summed E-state index contributed by atoms with van der Waals surface area (Å²) in [7, 11) is 0. The van der Waals surface area contributed by atoms with E-state index >= 15 is 0 Å². The zero-order chi connectivity index (χ0) is 17.7. The molecule has 3 rings (SSSR count). The summed E-state index contributed by atoms with van der Waals surface area (Å²) in [5.41, 5.74) is 5.75. The molecule has 3 atom stereocenters. The van der Waals surface area contributed by atoms with Crippen molar-refractivity contribution in [1.82, 2.24) is 31.0 Å². The quantitative estimate of drug-likeness (QED) is 0.310. The SMILES string of the molecule is C[C@@H]1N[13C](=[18O])[C@H](N)CSc2nnc(nn2)SC[C@@H](C(=O)O)N[13C]1=[18O]. The smallest absolute Gasteiger partial charge is 0.327 e. The van der Waals surface area contributed by atoms with Gasteiger partial charge in [-0.2, -0.15) is 0 Å². The third kappa shape index (κ3) is 5.01. The van der Waals surface area contributed by atoms with Gasteiger partial charge in [0, 0.05) is 11.5 Å². The second-order valence-corrected chi connectivity index (χ2v) is 6.80. The van der Waals surface area contributed by atoms with Crippen molar-refractivity contribution in [1.29, 1.82) is 0 Å². The van der Waals surface area contributed by atoms with Gasteiger partial charge in [0.25, 0.3) is 0 Å². The molecule has 24 heavy (non-hydrogen) atoms. The Kier molecular flexibility index (Phi) is 6.28. The minimum Gasteiger partial charge on any atom is -0.480 e. The number of rotatable bonds is 1. The zero-order valence-electron chi connectivity index (χ0n) is 12.5. The predicted octanol–water partition coefficient (Wildman–Crippen LogP) is -2.13. The number of thioether (sulfide) groups is 2. The lowest BCUT2D eigenvalue weighted by Gasteiger charge is -2.19. The molecule has 1 aromatic heterocycles. The van der Waals surface area contributed by atoms with Gasteiger partial charge in [0.1, 0.15) is 12.1 Å². The number of amides is 2. The van der Waals surface area contributed by atoms with Crippen LogP contribution in [0.5, 0.6) is 0 Å². The van der Waals surface area contributed by atoms with Crippen LogP contribution in [0, 0.1) is 0 Å². The third-order valence-corrected chi connectivity index (χ3v) is 4.79. The van der Waals surface area contributed by atoms with Gasteiger partial charge in [0.2, 0.25) is 22.1 Å². The molecule has 3 heterocycles. The van der Waals surface area contributed by atoms with E-state index in [0.29, 0.717) is 0 Å². The second-order valence-electron chi connectivity index (χ2n) is 4.82. The van der Waals surface area contributed by atoms with Crippen LogP contribution in [0.4, 0.5) is 0 Å². The van der Waals surface area contributed by atoms with Crippen molar-refractivity contribution in [2.75, 3.05) is 11.5 Å². The first kappa shape index (κ1) is 18.4. The molecule has 5 N–H and O–H groups in total. The Balaban J connectivity index is 2.21. The molecule has 2 amide bonds. The highest BCUT2D eigenvalue weighted by molar-refractivity contribution is 7.99. The Bertz CT molecular complexity index is 629. The summed E-state index contributed by atoms with van der Waals surface area (Å²) in [4.78, 5) is 35.3. The first-order chi connectivity index (χ1) is 11.4. The average molecular weight is 379 g/mol. The molecule has 2 aliphatic rings. The van der Waals surface area contributed by atoms with E-state index in [1.54, 1.807) is 0 Å². The molecule has 1 aromatic rings. The molecule has 130 valence electrons. The molecule has 0 radical (unpaired) electrons. The van der Waals surface area contributed by atoms with Crippen molar-refractivity contribution in [3.8, 4) is 0 Å². The summed E-state index contributed by atoms with van der Waals surface area (Å²) >= 11 is 2.10. The van der Waals surface area contributed by atoms with E-state index in [0.717, 1.165) is 23.5 Å². The first-order valence-electron chi connectivity index (χ1n) is 6.79. The molecule has 13 heteroatoms. The molecule has 2 bridgehead atoms. The number of hydrogen-bond donors (Lipinski definition) is 4. The highest BCUT2D eigenvalue weighted by Gasteiger charge is 2.26.